The number of nitrogens with zero attached hydrogens (tertiary/aromatic N) is 2. The third-order valence-corrected chi connectivity index (χ3v) is 9.92. The second-order valence-electron chi connectivity index (χ2n) is 12.0. The van der Waals surface area contributed by atoms with Crippen LogP contribution in [0.1, 0.15) is 74.2 Å². The monoisotopic (exact) mass is 612 g/mol. The minimum absolute atomic E-state index is 0.125. The lowest BCUT2D eigenvalue weighted by Crippen LogP contribution is -2.61. The third-order valence-electron chi connectivity index (χ3n) is 9.34. The molecule has 2 aromatic rings. The number of benzene rings is 1. The Morgan fingerprint density at radius 3 is 2.36 bits per heavy atom. The maximum Gasteiger partial charge on any atom is 0.329 e. The fourth-order valence-corrected chi connectivity index (χ4v) is 7.48. The van der Waals surface area contributed by atoms with Gasteiger partial charge < -0.3 is 20.6 Å². The highest BCUT2D eigenvalue weighted by molar-refractivity contribution is 6.40. The van der Waals surface area contributed by atoms with Crippen LogP contribution in [0.2, 0.25) is 10.0 Å². The van der Waals surface area contributed by atoms with Gasteiger partial charge in [0, 0.05) is 48.2 Å². The fraction of sp³-hybridized carbons (Fsp3) is 0.500. The number of piperidine rings is 1. The molecule has 2 fully saturated rings. The van der Waals surface area contributed by atoms with Crippen LogP contribution in [-0.2, 0) is 16.0 Å². The number of likely N-dealkylation sites (tertiary alicyclic amines) is 1. The number of hydrogen-bond acceptors (Lipinski definition) is 6. The number of aliphatic carboxylic acids is 1. The smallest absolute Gasteiger partial charge is 0.329 e. The van der Waals surface area contributed by atoms with E-state index >= 15 is 0 Å². The summed E-state index contributed by atoms with van der Waals surface area (Å²) in [5.74, 6) is -1.05. The second-order valence-corrected chi connectivity index (χ2v) is 12.8. The molecule has 1 saturated heterocycles. The number of hydrogen-bond donors (Lipinski definition) is 3. The van der Waals surface area contributed by atoms with Gasteiger partial charge in [0.1, 0.15) is 5.54 Å². The van der Waals surface area contributed by atoms with E-state index in [1.165, 1.54) is 12.4 Å². The number of carbonyl (C=O) groups is 3. The first-order valence-electron chi connectivity index (χ1n) is 14.8. The topological polar surface area (TPSA) is 112 Å². The number of Topliss-reactive ketones (excluding diaryl/α,β-unsaturated/α-hetero) is 1. The van der Waals surface area contributed by atoms with Crippen molar-refractivity contribution in [2.45, 2.75) is 70.3 Å². The van der Waals surface area contributed by atoms with E-state index in [4.69, 9.17) is 23.2 Å². The Kier molecular flexibility index (Phi) is 8.97. The minimum atomic E-state index is -1.28. The highest BCUT2D eigenvalue weighted by atomic mass is 35.5. The molecule has 1 spiro atoms. The van der Waals surface area contributed by atoms with Gasteiger partial charge in [-0.2, -0.15) is 0 Å². The zero-order valence-corrected chi connectivity index (χ0v) is 25.7. The minimum Gasteiger partial charge on any atom is -0.479 e. The fourth-order valence-electron chi connectivity index (χ4n) is 6.94. The van der Waals surface area contributed by atoms with Crippen molar-refractivity contribution in [3.05, 3.63) is 69.1 Å². The zero-order valence-electron chi connectivity index (χ0n) is 24.1. The van der Waals surface area contributed by atoms with Crippen LogP contribution in [0.5, 0.6) is 0 Å². The van der Waals surface area contributed by atoms with Gasteiger partial charge in [-0.05, 0) is 63.4 Å². The Bertz CT molecular complexity index is 1380. The van der Waals surface area contributed by atoms with Crippen molar-refractivity contribution in [2.24, 2.45) is 11.3 Å². The summed E-state index contributed by atoms with van der Waals surface area (Å²) in [6, 6.07) is 7.09. The summed E-state index contributed by atoms with van der Waals surface area (Å²) in [4.78, 5) is 45.7. The quantitative estimate of drug-likeness (QED) is 0.312. The van der Waals surface area contributed by atoms with Gasteiger partial charge in [0.05, 0.1) is 21.0 Å². The summed E-state index contributed by atoms with van der Waals surface area (Å²) < 4.78 is 0. The Hall–Kier alpha value is -2.94. The molecular weight excluding hydrogens is 575 g/mol. The van der Waals surface area contributed by atoms with Crippen molar-refractivity contribution in [3.8, 4) is 0 Å². The number of rotatable bonds is 9. The third kappa shape index (κ3) is 5.69. The van der Waals surface area contributed by atoms with Crippen molar-refractivity contribution in [3.63, 3.8) is 0 Å². The Labute approximate surface area is 256 Å². The van der Waals surface area contributed by atoms with Crippen molar-refractivity contribution in [1.82, 2.24) is 15.2 Å². The number of carbonyl (C=O) groups excluding carboxylic acids is 2. The first kappa shape index (κ1) is 30.5. The van der Waals surface area contributed by atoms with Crippen molar-refractivity contribution >= 4 is 46.5 Å². The van der Waals surface area contributed by atoms with Gasteiger partial charge in [0.25, 0.3) is 5.91 Å². The number of allylic oxidation sites excluding steroid dienone is 1. The van der Waals surface area contributed by atoms with Crippen LogP contribution in [-0.4, -0.2) is 58.3 Å². The average Bonchev–Trinajstić information content (AvgIpc) is 2.97. The van der Waals surface area contributed by atoms with E-state index in [9.17, 15) is 19.5 Å². The van der Waals surface area contributed by atoms with E-state index in [1.54, 1.807) is 12.1 Å². The molecule has 0 radical (unpaired) electrons. The van der Waals surface area contributed by atoms with Gasteiger partial charge >= 0.3 is 5.97 Å². The maximum absolute atomic E-state index is 13.8. The summed E-state index contributed by atoms with van der Waals surface area (Å²) in [7, 11) is 2.08. The lowest BCUT2D eigenvalue weighted by molar-refractivity contribution is -0.146. The molecular formula is C32H38Cl2N4O4. The molecule has 1 saturated carbocycles. The molecule has 42 heavy (non-hydrogen) atoms. The molecule has 224 valence electrons. The van der Waals surface area contributed by atoms with Crippen molar-refractivity contribution in [2.75, 3.05) is 25.5 Å². The SMILES string of the molecule is CC[C@@](Cc1ccc(NC(=O)c2c(Cl)cncc2Cl)cc1)(NC1=C(C2CCCN(C)C2)C(=O)C12CCCCC2)C(=O)O. The summed E-state index contributed by atoms with van der Waals surface area (Å²) in [5.41, 5.74) is 1.30. The highest BCUT2D eigenvalue weighted by Gasteiger charge is 2.57. The number of amides is 1. The van der Waals surface area contributed by atoms with Crippen LogP contribution in [0.4, 0.5) is 5.69 Å². The molecule has 3 N–H and O–H groups in total. The summed E-state index contributed by atoms with van der Waals surface area (Å²) in [5, 5.41) is 17.3. The number of carboxylic acids is 1. The molecule has 2 atom stereocenters. The molecule has 1 aromatic carbocycles. The van der Waals surface area contributed by atoms with Crippen LogP contribution >= 0.6 is 23.2 Å². The van der Waals surface area contributed by atoms with Crippen molar-refractivity contribution < 1.29 is 19.5 Å². The summed E-state index contributed by atoms with van der Waals surface area (Å²) >= 11 is 12.2. The standard InChI is InChI=1S/C32H38Cl2N4O4/c1-3-32(30(41)42,16-20-9-11-22(12-10-20)36-29(40)26-23(33)17-35-18-24(26)34)37-27-25(21-8-7-15-38(2)19-21)28(39)31(27)13-5-4-6-14-31/h9-12,17-18,21,37H,3-8,13-16,19H2,1-2H3,(H,36,40)(H,41,42)/t21?,32-/m0/s1. The number of nitrogens with one attached hydrogen (secondary N) is 2. The van der Waals surface area contributed by atoms with E-state index in [-0.39, 0.29) is 33.7 Å². The van der Waals surface area contributed by atoms with E-state index in [1.807, 2.05) is 19.1 Å². The van der Waals surface area contributed by atoms with Crippen molar-refractivity contribution in [1.29, 1.82) is 0 Å². The summed E-state index contributed by atoms with van der Waals surface area (Å²) in [6.45, 7) is 3.71. The lowest BCUT2D eigenvalue weighted by atomic mass is 9.55. The molecule has 0 bridgehead atoms. The molecule has 1 amide bonds. The maximum atomic E-state index is 13.8. The van der Waals surface area contributed by atoms with Crippen LogP contribution in [0.15, 0.2) is 47.9 Å². The number of halogens is 2. The molecule has 2 aliphatic carbocycles. The molecule has 1 unspecified atom stereocenters. The molecule has 1 aromatic heterocycles. The van der Waals surface area contributed by atoms with E-state index in [2.05, 4.69) is 27.6 Å². The van der Waals surface area contributed by atoms with E-state index in [0.29, 0.717) is 12.1 Å². The Morgan fingerprint density at radius 1 is 1.10 bits per heavy atom. The molecule has 1 aliphatic heterocycles. The number of anilines is 1. The number of ketones is 1. The first-order chi connectivity index (χ1) is 20.1. The predicted molar refractivity (Wildman–Crippen MR) is 164 cm³/mol. The van der Waals surface area contributed by atoms with Gasteiger partial charge in [0.2, 0.25) is 0 Å². The van der Waals surface area contributed by atoms with E-state index < -0.39 is 22.8 Å². The normalized spacial score (nSPS) is 21.9. The molecule has 3 aliphatic rings. The highest BCUT2D eigenvalue weighted by Crippen LogP contribution is 2.55. The molecule has 2 heterocycles. The van der Waals surface area contributed by atoms with Crippen LogP contribution in [0, 0.1) is 11.3 Å². The second kappa shape index (κ2) is 12.3. The number of pyridine rings is 1. The Balaban J connectivity index is 1.40. The van der Waals surface area contributed by atoms with Gasteiger partial charge in [0.15, 0.2) is 5.78 Å². The summed E-state index contributed by atoms with van der Waals surface area (Å²) in [6.07, 6.45) is 9.86. The van der Waals surface area contributed by atoms with Crippen LogP contribution in [0.25, 0.3) is 0 Å². The lowest BCUT2D eigenvalue weighted by Gasteiger charge is -2.52. The number of carboxylic acid groups (broad SMARTS) is 1. The largest absolute Gasteiger partial charge is 0.479 e. The molecule has 8 nitrogen and oxygen atoms in total. The van der Waals surface area contributed by atoms with Crippen LogP contribution < -0.4 is 10.6 Å². The zero-order chi connectivity index (χ0) is 30.1. The molecule has 10 heteroatoms. The predicted octanol–water partition coefficient (Wildman–Crippen LogP) is 6.14. The Morgan fingerprint density at radius 2 is 1.76 bits per heavy atom. The van der Waals surface area contributed by atoms with Gasteiger partial charge in [-0.15, -0.1) is 0 Å². The first-order valence-corrected chi connectivity index (χ1v) is 15.5. The number of aromatic nitrogens is 1. The molecule has 5 rings (SSSR count). The van der Waals surface area contributed by atoms with Gasteiger partial charge in [-0.3, -0.25) is 14.6 Å². The van der Waals surface area contributed by atoms with Crippen LogP contribution in [0.3, 0.4) is 0 Å². The average molecular weight is 614 g/mol. The van der Waals surface area contributed by atoms with Gasteiger partial charge in [-0.1, -0.05) is 61.5 Å². The van der Waals surface area contributed by atoms with E-state index in [0.717, 1.165) is 74.9 Å². The van der Waals surface area contributed by atoms with Gasteiger partial charge in [-0.25, -0.2) is 4.79 Å².